The van der Waals surface area contributed by atoms with Crippen LogP contribution in [0.25, 0.3) is 0 Å². The fraction of sp³-hybridized carbons (Fsp3) is 0.111. The molecule has 0 aromatic heterocycles. The summed E-state index contributed by atoms with van der Waals surface area (Å²) in [6.07, 6.45) is 0. The fourth-order valence-electron chi connectivity index (χ4n) is 1.06. The third kappa shape index (κ3) is 4.97. The van der Waals surface area contributed by atoms with Gasteiger partial charge in [-0.1, -0.05) is 18.2 Å². The van der Waals surface area contributed by atoms with Crippen molar-refractivity contribution in [1.82, 2.24) is 0 Å². The number of hydrogen-bond donors (Lipinski definition) is 2. The van der Waals surface area contributed by atoms with E-state index in [1.54, 1.807) is 0 Å². The van der Waals surface area contributed by atoms with Crippen LogP contribution < -0.4 is 34.7 Å². The minimum Gasteiger partial charge on any atom is -0.858 e. The molecule has 0 heterocycles. The van der Waals surface area contributed by atoms with Crippen LogP contribution in [0, 0.1) is 0 Å². The molecule has 1 unspecified atom stereocenters. The average molecular weight is 265 g/mol. The van der Waals surface area contributed by atoms with Crippen molar-refractivity contribution in [1.29, 1.82) is 0 Å². The van der Waals surface area contributed by atoms with Crippen molar-refractivity contribution in [3.05, 3.63) is 35.4 Å². The van der Waals surface area contributed by atoms with Gasteiger partial charge in [0, 0.05) is 0 Å². The van der Waals surface area contributed by atoms with Crippen LogP contribution >= 0.6 is 0 Å². The van der Waals surface area contributed by atoms with Crippen molar-refractivity contribution in [3.8, 4) is 0 Å². The van der Waals surface area contributed by atoms with Crippen LogP contribution in [0.3, 0.4) is 0 Å². The van der Waals surface area contributed by atoms with Gasteiger partial charge in [0.2, 0.25) is 0 Å². The van der Waals surface area contributed by atoms with Gasteiger partial charge >= 0.3 is 35.5 Å². The zero-order valence-corrected chi connectivity index (χ0v) is 11.8. The van der Waals surface area contributed by atoms with E-state index >= 15 is 0 Å². The summed E-state index contributed by atoms with van der Waals surface area (Å²) in [6, 6.07) is 5.53. The predicted molar refractivity (Wildman–Crippen MR) is 55.6 cm³/mol. The molecule has 0 saturated heterocycles. The van der Waals surface area contributed by atoms with E-state index in [-0.39, 0.29) is 40.7 Å². The second-order valence-corrected chi connectivity index (χ2v) is 3.67. The molecule has 0 bridgehead atoms. The summed E-state index contributed by atoms with van der Waals surface area (Å²) in [4.78, 5) is 14.0. The van der Waals surface area contributed by atoms with E-state index in [1.165, 1.54) is 24.3 Å². The normalized spacial score (nSPS) is 12.6. The molecule has 0 aliphatic heterocycles. The van der Waals surface area contributed by atoms with Crippen LogP contribution in [0.4, 0.5) is 0 Å². The number of carboxylic acids is 1. The van der Waals surface area contributed by atoms with Crippen LogP contribution in [-0.4, -0.2) is 31.6 Å². The van der Waals surface area contributed by atoms with Crippen LogP contribution in [0.1, 0.15) is 15.9 Å². The van der Waals surface area contributed by atoms with E-state index in [2.05, 4.69) is 4.99 Å². The van der Waals surface area contributed by atoms with Gasteiger partial charge in [-0.05, 0) is 17.5 Å². The molecule has 0 aliphatic carbocycles. The second kappa shape index (κ2) is 7.57. The Labute approximate surface area is 122 Å². The summed E-state index contributed by atoms with van der Waals surface area (Å²) < 4.78 is 18.7. The van der Waals surface area contributed by atoms with Crippen LogP contribution in [0.2, 0.25) is 0 Å². The fourth-order valence-corrected chi connectivity index (χ4v) is 1.28. The Morgan fingerprint density at radius 3 is 2.35 bits per heavy atom. The third-order valence-corrected chi connectivity index (χ3v) is 2.06. The summed E-state index contributed by atoms with van der Waals surface area (Å²) >= 11 is -2.21. The zero-order chi connectivity index (χ0) is 12.1. The maximum atomic E-state index is 11.4. The molecule has 1 aromatic rings. The van der Waals surface area contributed by atoms with E-state index in [4.69, 9.17) is 9.66 Å². The number of aromatic carboxylic acids is 1. The van der Waals surface area contributed by atoms with E-state index in [0.29, 0.717) is 0 Å². The molecule has 1 atom stereocenters. The van der Waals surface area contributed by atoms with E-state index in [9.17, 15) is 14.1 Å². The maximum absolute atomic E-state index is 11.4. The molecule has 1 aromatic carbocycles. The first kappa shape index (κ1) is 16.3. The van der Waals surface area contributed by atoms with Crippen molar-refractivity contribution in [2.24, 2.45) is 4.99 Å². The van der Waals surface area contributed by atoms with Crippen molar-refractivity contribution in [2.75, 3.05) is 5.88 Å². The zero-order valence-electron chi connectivity index (χ0n) is 8.99. The van der Waals surface area contributed by atoms with Gasteiger partial charge in [0.05, 0.1) is 5.56 Å². The number of aliphatic imine (C=N–C) groups is 1. The summed E-state index contributed by atoms with van der Waals surface area (Å²) in [7, 11) is 0. The maximum Gasteiger partial charge on any atom is 1.00 e. The first-order chi connectivity index (χ1) is 7.52. The van der Waals surface area contributed by atoms with E-state index in [1.807, 2.05) is 0 Å². The van der Waals surface area contributed by atoms with Crippen LogP contribution in [0.15, 0.2) is 29.3 Å². The van der Waals surface area contributed by atoms with Gasteiger partial charge in [-0.15, -0.1) is 0 Å². The molecule has 0 radical (unpaired) electrons. The number of nitrogens with zero attached hydrogens (tertiary/aromatic N) is 1. The molecule has 0 amide bonds. The number of hydrogen-bond acceptors (Lipinski definition) is 4. The van der Waals surface area contributed by atoms with Gasteiger partial charge in [0.25, 0.3) is 0 Å². The van der Waals surface area contributed by atoms with Crippen molar-refractivity contribution < 1.29 is 53.3 Å². The summed E-state index contributed by atoms with van der Waals surface area (Å²) in [5.74, 6) is -2.63. The van der Waals surface area contributed by atoms with Crippen molar-refractivity contribution in [3.63, 3.8) is 0 Å². The Hall–Kier alpha value is -0.730. The number of carboxylic acid groups (broad SMARTS) is 1. The number of rotatable bonds is 4. The summed E-state index contributed by atoms with van der Waals surface area (Å²) in [6.45, 7) is 0. The van der Waals surface area contributed by atoms with Crippen LogP contribution in [0.5, 0.6) is 0 Å². The minimum absolute atomic E-state index is 0. The van der Waals surface area contributed by atoms with E-state index in [0.717, 1.165) is 0 Å². The molecular formula is C9H8NNaO5S. The molecule has 8 heteroatoms. The molecule has 86 valence electrons. The molecule has 0 spiro atoms. The summed E-state index contributed by atoms with van der Waals surface area (Å²) in [5.41, 5.74) is -0.277. The Morgan fingerprint density at radius 1 is 1.35 bits per heavy atom. The third-order valence-electron chi connectivity index (χ3n) is 1.71. The monoisotopic (exact) mass is 265 g/mol. The smallest absolute Gasteiger partial charge is 0.858 e. The molecule has 0 saturated carbocycles. The van der Waals surface area contributed by atoms with E-state index < -0.39 is 28.8 Å². The molecule has 6 nitrogen and oxygen atoms in total. The Bertz CT molecular complexity index is 462. The van der Waals surface area contributed by atoms with Crippen molar-refractivity contribution >= 4 is 22.9 Å². The number of carbonyl (C=O) groups is 1. The Morgan fingerprint density at radius 2 is 1.88 bits per heavy atom. The van der Waals surface area contributed by atoms with Gasteiger partial charge in [-0.25, -0.2) is 9.00 Å². The molecule has 0 fully saturated rings. The molecule has 17 heavy (non-hydrogen) atoms. The standard InChI is InChI=1S/C9H9NO5S.Na/c11-8(10-5-16(14)15)6-3-1-2-4-7(6)9(12)13;/h1-4H,5H2,(H,10,11)(H,12,13)(H,14,15);/q;+1/p-1. The van der Waals surface area contributed by atoms with Gasteiger partial charge in [0.15, 0.2) is 11.1 Å². The van der Waals surface area contributed by atoms with Crippen LogP contribution in [-0.2, 0) is 11.1 Å². The molecule has 2 N–H and O–H groups in total. The molecule has 0 aliphatic rings. The minimum atomic E-state index is -2.21. The second-order valence-electron chi connectivity index (χ2n) is 2.76. The van der Waals surface area contributed by atoms with Gasteiger partial charge in [0.1, 0.15) is 5.88 Å². The predicted octanol–water partition coefficient (Wildman–Crippen LogP) is -3.33. The molecular weight excluding hydrogens is 257 g/mol. The molecule has 1 rings (SSSR count). The quantitative estimate of drug-likeness (QED) is 0.256. The van der Waals surface area contributed by atoms with Gasteiger partial charge in [-0.3, -0.25) is 4.99 Å². The first-order valence-corrected chi connectivity index (χ1v) is 5.41. The largest absolute Gasteiger partial charge is 1.00 e. The number of benzene rings is 1. The first-order valence-electron chi connectivity index (χ1n) is 4.14. The topological polar surface area (TPSA) is 110 Å². The average Bonchev–Trinajstić information content (AvgIpc) is 2.25. The SMILES string of the molecule is O=C(O)c1ccccc1C([O-])=NCS(=O)O.[Na+]. The Balaban J connectivity index is 0.00000256. The van der Waals surface area contributed by atoms with Gasteiger partial charge in [-0.2, -0.15) is 0 Å². The van der Waals surface area contributed by atoms with Crippen molar-refractivity contribution in [2.45, 2.75) is 0 Å². The Kier molecular flexibility index (Phi) is 7.24. The van der Waals surface area contributed by atoms with Gasteiger partial charge < -0.3 is 14.8 Å². The summed E-state index contributed by atoms with van der Waals surface area (Å²) in [5, 5.41) is 20.2.